The van der Waals surface area contributed by atoms with Crippen LogP contribution in [0.2, 0.25) is 0 Å². The number of hydrogen-bond donors (Lipinski definition) is 1. The van der Waals surface area contributed by atoms with Gasteiger partial charge in [-0.2, -0.15) is 0 Å². The summed E-state index contributed by atoms with van der Waals surface area (Å²) in [6.07, 6.45) is 1.05. The van der Waals surface area contributed by atoms with Crippen molar-refractivity contribution in [2.45, 2.75) is 33.2 Å². The summed E-state index contributed by atoms with van der Waals surface area (Å²) in [5.74, 6) is 0. The second kappa shape index (κ2) is 5.61. The van der Waals surface area contributed by atoms with Crippen LogP contribution >= 0.6 is 0 Å². The fourth-order valence-electron chi connectivity index (χ4n) is 2.68. The Morgan fingerprint density at radius 2 is 1.83 bits per heavy atom. The lowest BCUT2D eigenvalue weighted by Gasteiger charge is -2.38. The summed E-state index contributed by atoms with van der Waals surface area (Å²) in [6, 6.07) is 6.97. The molecule has 0 saturated carbocycles. The van der Waals surface area contributed by atoms with E-state index in [0.29, 0.717) is 6.04 Å². The fourth-order valence-corrected chi connectivity index (χ4v) is 2.68. The molecule has 0 radical (unpaired) electrons. The first-order valence-electron chi connectivity index (χ1n) is 6.99. The van der Waals surface area contributed by atoms with Gasteiger partial charge in [-0.25, -0.2) is 0 Å². The van der Waals surface area contributed by atoms with E-state index in [1.54, 1.807) is 0 Å². The third-order valence-corrected chi connectivity index (χ3v) is 3.87. The van der Waals surface area contributed by atoms with E-state index in [9.17, 15) is 0 Å². The van der Waals surface area contributed by atoms with E-state index < -0.39 is 0 Å². The van der Waals surface area contributed by atoms with Gasteiger partial charge < -0.3 is 10.6 Å². The Bertz CT molecular complexity index is 393. The third kappa shape index (κ3) is 2.78. The minimum Gasteiger partial charge on any atom is -0.399 e. The highest BCUT2D eigenvalue weighted by Gasteiger charge is 2.20. The maximum absolute atomic E-state index is 5.87. The molecule has 100 valence electrons. The molecular weight excluding hydrogens is 222 g/mol. The van der Waals surface area contributed by atoms with Gasteiger partial charge in [-0.3, -0.25) is 4.90 Å². The van der Waals surface area contributed by atoms with E-state index in [1.807, 2.05) is 6.07 Å². The van der Waals surface area contributed by atoms with Crippen molar-refractivity contribution in [1.82, 2.24) is 4.90 Å². The lowest BCUT2D eigenvalue weighted by Crippen LogP contribution is -2.49. The van der Waals surface area contributed by atoms with Crippen LogP contribution in [0.15, 0.2) is 18.2 Å². The number of piperazine rings is 1. The van der Waals surface area contributed by atoms with Crippen LogP contribution in [0.5, 0.6) is 0 Å². The van der Waals surface area contributed by atoms with Gasteiger partial charge >= 0.3 is 0 Å². The SMILES string of the molecule is CCc1cc(N)ccc1N1CCN(C(C)C)CC1. The Hall–Kier alpha value is -1.22. The van der Waals surface area contributed by atoms with Crippen LogP contribution in [0.4, 0.5) is 11.4 Å². The van der Waals surface area contributed by atoms with Crippen LogP contribution in [0, 0.1) is 0 Å². The molecule has 1 saturated heterocycles. The van der Waals surface area contributed by atoms with E-state index in [-0.39, 0.29) is 0 Å². The highest BCUT2D eigenvalue weighted by Crippen LogP contribution is 2.25. The van der Waals surface area contributed by atoms with Crippen LogP contribution in [-0.2, 0) is 6.42 Å². The normalized spacial score (nSPS) is 17.4. The van der Waals surface area contributed by atoms with Crippen LogP contribution in [0.1, 0.15) is 26.3 Å². The summed E-state index contributed by atoms with van der Waals surface area (Å²) < 4.78 is 0. The Kier molecular flexibility index (Phi) is 4.12. The molecule has 3 heteroatoms. The molecule has 1 aliphatic heterocycles. The van der Waals surface area contributed by atoms with Crippen molar-refractivity contribution in [3.63, 3.8) is 0 Å². The zero-order valence-electron chi connectivity index (χ0n) is 11.8. The molecule has 0 spiro atoms. The Labute approximate surface area is 111 Å². The maximum Gasteiger partial charge on any atom is 0.0401 e. The number of nitrogen functional groups attached to an aromatic ring is 1. The smallest absolute Gasteiger partial charge is 0.0401 e. The Morgan fingerprint density at radius 1 is 1.17 bits per heavy atom. The number of benzene rings is 1. The number of anilines is 2. The quantitative estimate of drug-likeness (QED) is 0.832. The summed E-state index contributed by atoms with van der Waals surface area (Å²) in [4.78, 5) is 5.04. The zero-order chi connectivity index (χ0) is 13.1. The lowest BCUT2D eigenvalue weighted by molar-refractivity contribution is 0.209. The van der Waals surface area contributed by atoms with Gasteiger partial charge in [0.2, 0.25) is 0 Å². The van der Waals surface area contributed by atoms with Crippen molar-refractivity contribution in [2.75, 3.05) is 36.8 Å². The van der Waals surface area contributed by atoms with Crippen molar-refractivity contribution in [2.24, 2.45) is 0 Å². The maximum atomic E-state index is 5.87. The largest absolute Gasteiger partial charge is 0.399 e. The predicted octanol–water partition coefficient (Wildman–Crippen LogP) is 2.36. The molecule has 0 aliphatic carbocycles. The van der Waals surface area contributed by atoms with Crippen LogP contribution in [0.25, 0.3) is 0 Å². The number of aryl methyl sites for hydroxylation is 1. The predicted molar refractivity (Wildman–Crippen MR) is 79.2 cm³/mol. The molecule has 1 heterocycles. The first-order valence-corrected chi connectivity index (χ1v) is 6.99. The van der Waals surface area contributed by atoms with Gasteiger partial charge in [0.25, 0.3) is 0 Å². The van der Waals surface area contributed by atoms with Crippen LogP contribution in [-0.4, -0.2) is 37.1 Å². The zero-order valence-corrected chi connectivity index (χ0v) is 11.8. The van der Waals surface area contributed by atoms with Crippen LogP contribution in [0.3, 0.4) is 0 Å². The molecule has 3 nitrogen and oxygen atoms in total. The van der Waals surface area contributed by atoms with Gasteiger partial charge in [0.15, 0.2) is 0 Å². The summed E-state index contributed by atoms with van der Waals surface area (Å²) in [7, 11) is 0. The number of nitrogens with two attached hydrogens (primary N) is 1. The van der Waals surface area contributed by atoms with E-state index >= 15 is 0 Å². The molecule has 0 aromatic heterocycles. The van der Waals surface area contributed by atoms with E-state index in [0.717, 1.165) is 38.3 Å². The Morgan fingerprint density at radius 3 is 2.39 bits per heavy atom. The monoisotopic (exact) mass is 247 g/mol. The van der Waals surface area contributed by atoms with Crippen LogP contribution < -0.4 is 10.6 Å². The highest BCUT2D eigenvalue weighted by atomic mass is 15.3. The van der Waals surface area contributed by atoms with Gasteiger partial charge in [0, 0.05) is 43.6 Å². The standard InChI is InChI=1S/C15H25N3/c1-4-13-11-14(16)5-6-15(13)18-9-7-17(8-10-18)12(2)3/h5-6,11-12H,4,7-10,16H2,1-3H3. The number of rotatable bonds is 3. The van der Waals surface area contributed by atoms with Gasteiger partial charge in [0.1, 0.15) is 0 Å². The van der Waals surface area contributed by atoms with Crippen molar-refractivity contribution in [3.8, 4) is 0 Å². The number of nitrogens with zero attached hydrogens (tertiary/aromatic N) is 2. The van der Waals surface area contributed by atoms with Gasteiger partial charge in [-0.1, -0.05) is 6.92 Å². The van der Waals surface area contributed by atoms with Crippen molar-refractivity contribution in [1.29, 1.82) is 0 Å². The summed E-state index contributed by atoms with van der Waals surface area (Å²) in [5.41, 5.74) is 9.48. The summed E-state index contributed by atoms with van der Waals surface area (Å²) >= 11 is 0. The minimum atomic E-state index is 0.657. The van der Waals surface area contributed by atoms with Gasteiger partial charge in [-0.05, 0) is 44.0 Å². The summed E-state index contributed by atoms with van der Waals surface area (Å²) in [6.45, 7) is 11.3. The summed E-state index contributed by atoms with van der Waals surface area (Å²) in [5, 5.41) is 0. The molecular formula is C15H25N3. The minimum absolute atomic E-state index is 0.657. The van der Waals surface area contributed by atoms with Gasteiger partial charge in [0.05, 0.1) is 0 Å². The van der Waals surface area contributed by atoms with Crippen molar-refractivity contribution in [3.05, 3.63) is 23.8 Å². The Balaban J connectivity index is 2.09. The first-order chi connectivity index (χ1) is 8.61. The van der Waals surface area contributed by atoms with Crippen molar-refractivity contribution >= 4 is 11.4 Å². The molecule has 18 heavy (non-hydrogen) atoms. The molecule has 2 rings (SSSR count). The average molecular weight is 247 g/mol. The van der Waals surface area contributed by atoms with Gasteiger partial charge in [-0.15, -0.1) is 0 Å². The van der Waals surface area contributed by atoms with E-state index in [1.165, 1.54) is 11.3 Å². The molecule has 1 aromatic rings. The molecule has 0 amide bonds. The van der Waals surface area contributed by atoms with E-state index in [4.69, 9.17) is 5.73 Å². The molecule has 1 aromatic carbocycles. The second-order valence-electron chi connectivity index (χ2n) is 5.36. The fraction of sp³-hybridized carbons (Fsp3) is 0.600. The average Bonchev–Trinajstić information content (AvgIpc) is 2.38. The molecule has 1 aliphatic rings. The lowest BCUT2D eigenvalue weighted by atomic mass is 10.1. The molecule has 0 atom stereocenters. The third-order valence-electron chi connectivity index (χ3n) is 3.87. The van der Waals surface area contributed by atoms with Crippen molar-refractivity contribution < 1.29 is 0 Å². The second-order valence-corrected chi connectivity index (χ2v) is 5.36. The molecule has 0 bridgehead atoms. The molecule has 2 N–H and O–H groups in total. The first kappa shape index (κ1) is 13.2. The topological polar surface area (TPSA) is 32.5 Å². The highest BCUT2D eigenvalue weighted by molar-refractivity contribution is 5.60. The number of hydrogen-bond acceptors (Lipinski definition) is 3. The molecule has 0 unspecified atom stereocenters. The van der Waals surface area contributed by atoms with E-state index in [2.05, 4.69) is 42.7 Å². The molecule has 1 fully saturated rings.